The third-order valence-corrected chi connectivity index (χ3v) is 3.62. The van der Waals surface area contributed by atoms with Gasteiger partial charge in [0.25, 0.3) is 0 Å². The Hall–Kier alpha value is -0.290. The maximum atomic E-state index is 10.9. The van der Waals surface area contributed by atoms with E-state index in [-0.39, 0.29) is 4.87 Å². The van der Waals surface area contributed by atoms with Gasteiger partial charge in [0.15, 0.2) is 0 Å². The lowest BCUT2D eigenvalue weighted by Crippen LogP contribution is -1.91. The number of aromatic nitrogens is 1. The van der Waals surface area contributed by atoms with Crippen LogP contribution >= 0.6 is 45.9 Å². The number of hydrogen-bond acceptors (Lipinski definition) is 3. The summed E-state index contributed by atoms with van der Waals surface area (Å²) in [5.74, 6) is 0. The smallest absolute Gasteiger partial charge is 0.304 e. The summed E-state index contributed by atoms with van der Waals surface area (Å²) >= 11 is 14.1. The van der Waals surface area contributed by atoms with E-state index < -0.39 is 0 Å². The lowest BCUT2D eigenvalue weighted by molar-refractivity contribution is 1.35. The summed E-state index contributed by atoms with van der Waals surface area (Å²) in [6.45, 7) is 0. The van der Waals surface area contributed by atoms with Gasteiger partial charge in [0, 0.05) is 10.9 Å². The van der Waals surface area contributed by atoms with Crippen molar-refractivity contribution in [3.05, 3.63) is 29.8 Å². The van der Waals surface area contributed by atoms with Crippen LogP contribution in [-0.2, 0) is 0 Å². The predicted molar refractivity (Wildman–Crippen MR) is 58.3 cm³/mol. The monoisotopic (exact) mass is 251 g/mol. The van der Waals surface area contributed by atoms with Crippen molar-refractivity contribution in [2.45, 2.75) is 0 Å². The van der Waals surface area contributed by atoms with E-state index in [0.29, 0.717) is 8.67 Å². The van der Waals surface area contributed by atoms with E-state index in [1.807, 2.05) is 0 Å². The minimum absolute atomic E-state index is 0.0895. The molecule has 2 rings (SSSR count). The van der Waals surface area contributed by atoms with Gasteiger partial charge in [0.2, 0.25) is 0 Å². The van der Waals surface area contributed by atoms with Gasteiger partial charge in [-0.3, -0.25) is 4.79 Å². The number of nitrogens with one attached hydrogen (secondary N) is 1. The first-order valence-electron chi connectivity index (χ1n) is 3.30. The van der Waals surface area contributed by atoms with Gasteiger partial charge in [-0.1, -0.05) is 34.5 Å². The highest BCUT2D eigenvalue weighted by Crippen LogP contribution is 2.37. The van der Waals surface area contributed by atoms with Crippen LogP contribution in [0, 0.1) is 0 Å². The number of H-pyrrole nitrogens is 1. The maximum absolute atomic E-state index is 10.9. The normalized spacial score (nSPS) is 10.6. The zero-order valence-corrected chi connectivity index (χ0v) is 9.28. The van der Waals surface area contributed by atoms with Crippen LogP contribution in [0.25, 0.3) is 11.3 Å². The second kappa shape index (κ2) is 3.46. The van der Waals surface area contributed by atoms with Gasteiger partial charge in [-0.25, -0.2) is 0 Å². The van der Waals surface area contributed by atoms with Gasteiger partial charge in [0.05, 0.1) is 10.0 Å². The van der Waals surface area contributed by atoms with Crippen molar-refractivity contribution in [2.75, 3.05) is 0 Å². The van der Waals surface area contributed by atoms with Crippen molar-refractivity contribution in [3.63, 3.8) is 0 Å². The van der Waals surface area contributed by atoms with E-state index >= 15 is 0 Å². The largest absolute Gasteiger partial charge is 0.312 e. The molecule has 0 unspecified atom stereocenters. The SMILES string of the molecule is O=c1[nH]c(-c2cc(Cl)sc2Cl)cs1. The molecule has 0 radical (unpaired) electrons. The average molecular weight is 252 g/mol. The summed E-state index contributed by atoms with van der Waals surface area (Å²) in [7, 11) is 0. The summed E-state index contributed by atoms with van der Waals surface area (Å²) < 4.78 is 1.21. The van der Waals surface area contributed by atoms with E-state index in [1.54, 1.807) is 11.4 Å². The van der Waals surface area contributed by atoms with Crippen LogP contribution in [0.5, 0.6) is 0 Å². The molecule has 0 aliphatic rings. The molecule has 0 atom stereocenters. The number of rotatable bonds is 1. The van der Waals surface area contributed by atoms with Crippen LogP contribution in [0.2, 0.25) is 8.67 Å². The van der Waals surface area contributed by atoms with Crippen LogP contribution < -0.4 is 4.87 Å². The minimum atomic E-state index is -0.0895. The lowest BCUT2D eigenvalue weighted by atomic mass is 10.3. The summed E-state index contributed by atoms with van der Waals surface area (Å²) in [5.41, 5.74) is 1.51. The molecule has 2 aromatic heterocycles. The Labute approximate surface area is 91.8 Å². The first kappa shape index (κ1) is 9.27. The molecule has 68 valence electrons. The zero-order chi connectivity index (χ0) is 9.42. The summed E-state index contributed by atoms with van der Waals surface area (Å²) in [6.07, 6.45) is 0. The molecule has 2 aromatic rings. The predicted octanol–water partition coefficient (Wildman–Crippen LogP) is 3.47. The van der Waals surface area contributed by atoms with Gasteiger partial charge in [-0.15, -0.1) is 11.3 Å². The van der Waals surface area contributed by atoms with Crippen LogP contribution in [0.15, 0.2) is 16.2 Å². The van der Waals surface area contributed by atoms with E-state index in [2.05, 4.69) is 4.98 Å². The van der Waals surface area contributed by atoms with Crippen LogP contribution in [-0.4, -0.2) is 4.98 Å². The molecule has 0 fully saturated rings. The summed E-state index contributed by atoms with van der Waals surface area (Å²) in [5, 5.41) is 1.73. The fourth-order valence-electron chi connectivity index (χ4n) is 0.936. The van der Waals surface area contributed by atoms with Crippen molar-refractivity contribution < 1.29 is 0 Å². The first-order valence-corrected chi connectivity index (χ1v) is 5.75. The molecule has 0 bridgehead atoms. The van der Waals surface area contributed by atoms with Gasteiger partial charge in [-0.05, 0) is 6.07 Å². The van der Waals surface area contributed by atoms with E-state index in [1.165, 1.54) is 11.3 Å². The van der Waals surface area contributed by atoms with E-state index in [4.69, 9.17) is 23.2 Å². The number of thiophene rings is 1. The third kappa shape index (κ3) is 1.81. The minimum Gasteiger partial charge on any atom is -0.312 e. The Balaban J connectivity index is 2.57. The quantitative estimate of drug-likeness (QED) is 0.828. The van der Waals surface area contributed by atoms with Crippen molar-refractivity contribution >= 4 is 45.9 Å². The maximum Gasteiger partial charge on any atom is 0.304 e. The second-order valence-electron chi connectivity index (χ2n) is 2.30. The topological polar surface area (TPSA) is 32.9 Å². The zero-order valence-electron chi connectivity index (χ0n) is 6.14. The molecule has 0 aliphatic heterocycles. The highest BCUT2D eigenvalue weighted by atomic mass is 35.5. The Kier molecular flexibility index (Phi) is 2.47. The van der Waals surface area contributed by atoms with Gasteiger partial charge >= 0.3 is 4.87 Å². The highest BCUT2D eigenvalue weighted by Gasteiger charge is 2.09. The van der Waals surface area contributed by atoms with Crippen molar-refractivity contribution in [2.24, 2.45) is 0 Å². The standard InChI is InChI=1S/C7H3Cl2NOS2/c8-5-1-3(6(9)13-5)4-2-12-7(11)10-4/h1-2H,(H,10,11). The Bertz CT molecular complexity index is 485. The van der Waals surface area contributed by atoms with Gasteiger partial charge in [0.1, 0.15) is 4.34 Å². The molecule has 0 spiro atoms. The van der Waals surface area contributed by atoms with Crippen LogP contribution in [0.4, 0.5) is 0 Å². The molecule has 0 saturated heterocycles. The molecule has 6 heteroatoms. The molecule has 13 heavy (non-hydrogen) atoms. The molecular formula is C7H3Cl2NOS2. The molecule has 2 nitrogen and oxygen atoms in total. The van der Waals surface area contributed by atoms with Gasteiger partial charge in [-0.2, -0.15) is 0 Å². The molecule has 2 heterocycles. The highest BCUT2D eigenvalue weighted by molar-refractivity contribution is 7.20. The molecule has 0 amide bonds. The second-order valence-corrected chi connectivity index (χ2v) is 5.43. The lowest BCUT2D eigenvalue weighted by Gasteiger charge is -1.90. The molecule has 0 aromatic carbocycles. The Morgan fingerprint density at radius 3 is 2.62 bits per heavy atom. The van der Waals surface area contributed by atoms with Crippen LogP contribution in [0.1, 0.15) is 0 Å². The van der Waals surface area contributed by atoms with Crippen molar-refractivity contribution in [3.8, 4) is 11.3 Å². The van der Waals surface area contributed by atoms with E-state index in [9.17, 15) is 4.79 Å². The first-order chi connectivity index (χ1) is 6.16. The van der Waals surface area contributed by atoms with Gasteiger partial charge < -0.3 is 4.98 Å². The number of halogens is 2. The molecular weight excluding hydrogens is 249 g/mol. The number of aromatic amines is 1. The van der Waals surface area contributed by atoms with Crippen molar-refractivity contribution in [1.82, 2.24) is 4.98 Å². The summed E-state index contributed by atoms with van der Waals surface area (Å²) in [4.78, 5) is 13.5. The molecule has 0 aliphatic carbocycles. The number of thiazole rings is 1. The molecule has 1 N–H and O–H groups in total. The average Bonchev–Trinajstić information content (AvgIpc) is 2.58. The fraction of sp³-hybridized carbons (Fsp3) is 0. The fourth-order valence-corrected chi connectivity index (χ4v) is 3.01. The van der Waals surface area contributed by atoms with Crippen molar-refractivity contribution in [1.29, 1.82) is 0 Å². The van der Waals surface area contributed by atoms with Crippen LogP contribution in [0.3, 0.4) is 0 Å². The number of hydrogen-bond donors (Lipinski definition) is 1. The third-order valence-electron chi connectivity index (χ3n) is 1.47. The Morgan fingerprint density at radius 2 is 2.15 bits per heavy atom. The van der Waals surface area contributed by atoms with E-state index in [0.717, 1.165) is 22.6 Å². The summed E-state index contributed by atoms with van der Waals surface area (Å²) in [6, 6.07) is 1.74. The molecule has 0 saturated carbocycles. The Morgan fingerprint density at radius 1 is 1.38 bits per heavy atom.